The van der Waals surface area contributed by atoms with Crippen LogP contribution in [0, 0.1) is 12.8 Å². The van der Waals surface area contributed by atoms with Gasteiger partial charge in [0, 0.05) is 26.2 Å². The number of hydrogen-bond donors (Lipinski definition) is 1. The predicted octanol–water partition coefficient (Wildman–Crippen LogP) is 1.75. The van der Waals surface area contributed by atoms with E-state index in [1.54, 1.807) is 24.0 Å². The number of aryl methyl sites for hydroxylation is 1. The van der Waals surface area contributed by atoms with Crippen LogP contribution < -0.4 is 5.32 Å². The van der Waals surface area contributed by atoms with Gasteiger partial charge < -0.3 is 19.0 Å². The Hall–Kier alpha value is -3.62. The van der Waals surface area contributed by atoms with Gasteiger partial charge in [0.2, 0.25) is 11.9 Å². The topological polar surface area (TPSA) is 104 Å². The lowest BCUT2D eigenvalue weighted by Gasteiger charge is -2.38. The van der Waals surface area contributed by atoms with Gasteiger partial charge in [-0.25, -0.2) is 4.99 Å². The molecule has 168 valence electrons. The van der Waals surface area contributed by atoms with Crippen LogP contribution in [0.5, 0.6) is 0 Å². The minimum atomic E-state index is -1.05. The quantitative estimate of drug-likeness (QED) is 0.576. The summed E-state index contributed by atoms with van der Waals surface area (Å²) in [6.45, 7) is 5.78. The Labute approximate surface area is 186 Å². The number of benzene rings is 1. The molecule has 0 radical (unpaired) electrons. The highest BCUT2D eigenvalue weighted by Gasteiger charge is 2.42. The molecule has 2 amide bonds. The maximum absolute atomic E-state index is 12.9. The molecule has 1 fully saturated rings. The van der Waals surface area contributed by atoms with Crippen LogP contribution >= 0.6 is 0 Å². The molecule has 9 nitrogen and oxygen atoms in total. The fourth-order valence-electron chi connectivity index (χ4n) is 3.91. The second-order valence-corrected chi connectivity index (χ2v) is 7.78. The Kier molecular flexibility index (Phi) is 6.25. The molecule has 9 heteroatoms. The van der Waals surface area contributed by atoms with Gasteiger partial charge in [-0.15, -0.1) is 0 Å². The van der Waals surface area contributed by atoms with Crippen LogP contribution in [-0.2, 0) is 14.3 Å². The van der Waals surface area contributed by atoms with Gasteiger partial charge in [-0.1, -0.05) is 29.8 Å². The normalized spacial score (nSPS) is 21.1. The number of carbonyl (C=O) groups is 3. The van der Waals surface area contributed by atoms with Crippen molar-refractivity contribution in [1.82, 2.24) is 15.1 Å². The molecule has 1 aromatic carbocycles. The summed E-state index contributed by atoms with van der Waals surface area (Å²) in [6.07, 6.45) is 1.47. The molecule has 4 rings (SSSR count). The molecule has 0 bridgehead atoms. The fourth-order valence-corrected chi connectivity index (χ4v) is 3.91. The number of hydrogen-bond acceptors (Lipinski definition) is 7. The van der Waals surface area contributed by atoms with E-state index in [4.69, 9.17) is 14.1 Å². The first-order chi connectivity index (χ1) is 15.5. The smallest absolute Gasteiger partial charge is 0.321 e. The summed E-state index contributed by atoms with van der Waals surface area (Å²) in [6, 6.07) is 10.3. The zero-order valence-corrected chi connectivity index (χ0v) is 18.1. The summed E-state index contributed by atoms with van der Waals surface area (Å²) >= 11 is 0. The number of nitrogens with one attached hydrogen (secondary N) is 1. The minimum absolute atomic E-state index is 0.163. The average Bonchev–Trinajstić information content (AvgIpc) is 3.34. The molecule has 1 saturated heterocycles. The number of furan rings is 1. The second kappa shape index (κ2) is 9.25. The van der Waals surface area contributed by atoms with Crippen LogP contribution in [0.15, 0.2) is 52.1 Å². The number of aliphatic imine (C=N–C) groups is 1. The second-order valence-electron chi connectivity index (χ2n) is 7.78. The number of piperazine rings is 1. The number of ether oxygens (including phenoxy) is 1. The minimum Gasteiger partial charge on any atom is -0.465 e. The van der Waals surface area contributed by atoms with E-state index in [2.05, 4.69) is 5.32 Å². The molecule has 2 aromatic rings. The molecule has 2 aliphatic heterocycles. The van der Waals surface area contributed by atoms with Crippen molar-refractivity contribution in [3.8, 4) is 0 Å². The number of carbonyl (C=O) groups excluding carboxylic acids is 3. The Morgan fingerprint density at radius 3 is 2.50 bits per heavy atom. The maximum atomic E-state index is 12.9. The molecule has 1 N–H and O–H groups in total. The van der Waals surface area contributed by atoms with Gasteiger partial charge in [-0.2, -0.15) is 0 Å². The Balaban J connectivity index is 1.54. The Morgan fingerprint density at radius 2 is 1.88 bits per heavy atom. The molecule has 0 spiro atoms. The van der Waals surface area contributed by atoms with Crippen molar-refractivity contribution in [2.24, 2.45) is 10.9 Å². The van der Waals surface area contributed by atoms with Crippen LogP contribution in [0.4, 0.5) is 0 Å². The maximum Gasteiger partial charge on any atom is 0.321 e. The molecule has 2 aliphatic rings. The zero-order chi connectivity index (χ0) is 22.7. The third-order valence-corrected chi connectivity index (χ3v) is 5.65. The standard InChI is InChI=1S/C23H26N4O5/c1-3-31-22(30)18-19(16-8-6-15(2)7-9-16)24-23(25-20(18)28)27-12-10-26(11-13-27)21(29)17-5-4-14-32-17/h4-9,14,18-19H,3,10-13H2,1-2H3,(H,24,25,28)/t18-,19+/m0/s1. The van der Waals surface area contributed by atoms with Crippen molar-refractivity contribution in [3.05, 3.63) is 59.5 Å². The highest BCUT2D eigenvalue weighted by Crippen LogP contribution is 2.31. The van der Waals surface area contributed by atoms with Gasteiger partial charge in [0.15, 0.2) is 11.7 Å². The lowest BCUT2D eigenvalue weighted by Crippen LogP contribution is -2.58. The summed E-state index contributed by atoms with van der Waals surface area (Å²) in [5.74, 6) is -1.53. The predicted molar refractivity (Wildman–Crippen MR) is 116 cm³/mol. The van der Waals surface area contributed by atoms with Crippen molar-refractivity contribution < 1.29 is 23.5 Å². The molecule has 0 aliphatic carbocycles. The third-order valence-electron chi connectivity index (χ3n) is 5.65. The van der Waals surface area contributed by atoms with E-state index in [-0.39, 0.29) is 12.5 Å². The summed E-state index contributed by atoms with van der Waals surface area (Å²) < 4.78 is 10.3. The van der Waals surface area contributed by atoms with Crippen LogP contribution in [-0.4, -0.2) is 66.3 Å². The average molecular weight is 438 g/mol. The number of rotatable bonds is 4. The zero-order valence-electron chi connectivity index (χ0n) is 18.1. The lowest BCUT2D eigenvalue weighted by atomic mass is 9.91. The molecule has 2 atom stereocenters. The highest BCUT2D eigenvalue weighted by atomic mass is 16.5. The number of nitrogens with zero attached hydrogens (tertiary/aromatic N) is 3. The van der Waals surface area contributed by atoms with Crippen molar-refractivity contribution in [2.75, 3.05) is 32.8 Å². The van der Waals surface area contributed by atoms with Gasteiger partial charge in [-0.3, -0.25) is 19.7 Å². The molecule has 0 unspecified atom stereocenters. The first-order valence-corrected chi connectivity index (χ1v) is 10.7. The highest BCUT2D eigenvalue weighted by molar-refractivity contribution is 6.08. The van der Waals surface area contributed by atoms with Crippen LogP contribution in [0.25, 0.3) is 0 Å². The van der Waals surface area contributed by atoms with Gasteiger partial charge in [0.1, 0.15) is 6.04 Å². The number of amides is 2. The Bertz CT molecular complexity index is 1010. The van der Waals surface area contributed by atoms with Crippen molar-refractivity contribution >= 4 is 23.7 Å². The number of guanidine groups is 1. The summed E-state index contributed by atoms with van der Waals surface area (Å²) in [7, 11) is 0. The van der Waals surface area contributed by atoms with Crippen molar-refractivity contribution in [2.45, 2.75) is 19.9 Å². The van der Waals surface area contributed by atoms with Gasteiger partial charge in [-0.05, 0) is 31.5 Å². The SMILES string of the molecule is CCOC(=O)[C@@H]1C(=O)NC(N2CCN(C(=O)c3ccco3)CC2)=N[C@@H]1c1ccc(C)cc1. The molecule has 0 saturated carbocycles. The first kappa shape index (κ1) is 21.6. The van der Waals surface area contributed by atoms with Crippen LogP contribution in [0.1, 0.15) is 34.6 Å². The van der Waals surface area contributed by atoms with E-state index in [9.17, 15) is 14.4 Å². The molecule has 32 heavy (non-hydrogen) atoms. The van der Waals surface area contributed by atoms with Gasteiger partial charge in [0.25, 0.3) is 5.91 Å². The van der Waals surface area contributed by atoms with Crippen LogP contribution in [0.3, 0.4) is 0 Å². The third kappa shape index (κ3) is 4.37. The fraction of sp³-hybridized carbons (Fsp3) is 0.391. The monoisotopic (exact) mass is 438 g/mol. The van der Waals surface area contributed by atoms with E-state index in [0.717, 1.165) is 11.1 Å². The summed E-state index contributed by atoms with van der Waals surface area (Å²) in [4.78, 5) is 46.4. The molecular weight excluding hydrogens is 412 g/mol. The summed E-state index contributed by atoms with van der Waals surface area (Å²) in [5, 5.41) is 2.77. The van der Waals surface area contributed by atoms with E-state index in [1.165, 1.54) is 6.26 Å². The lowest BCUT2D eigenvalue weighted by molar-refractivity contribution is -0.153. The largest absolute Gasteiger partial charge is 0.465 e. The molecule has 1 aromatic heterocycles. The first-order valence-electron chi connectivity index (χ1n) is 10.7. The van der Waals surface area contributed by atoms with E-state index in [0.29, 0.717) is 37.9 Å². The number of esters is 1. The van der Waals surface area contributed by atoms with Crippen molar-refractivity contribution in [3.63, 3.8) is 0 Å². The molecule has 3 heterocycles. The van der Waals surface area contributed by atoms with Crippen LogP contribution in [0.2, 0.25) is 0 Å². The Morgan fingerprint density at radius 1 is 1.16 bits per heavy atom. The van der Waals surface area contributed by atoms with E-state index < -0.39 is 23.8 Å². The summed E-state index contributed by atoms with van der Waals surface area (Å²) in [5.41, 5.74) is 1.84. The van der Waals surface area contributed by atoms with Crippen molar-refractivity contribution in [1.29, 1.82) is 0 Å². The molecular formula is C23H26N4O5. The van der Waals surface area contributed by atoms with E-state index in [1.807, 2.05) is 36.1 Å². The van der Waals surface area contributed by atoms with E-state index >= 15 is 0 Å². The van der Waals surface area contributed by atoms with Gasteiger partial charge in [0.05, 0.1) is 12.9 Å². The van der Waals surface area contributed by atoms with Gasteiger partial charge >= 0.3 is 5.97 Å².